The SMILES string of the molecule is Cn1ccc(C#Cc2cccc(S(=O)(=O)[O-])c2Cl)n1.[Na+]. The molecule has 0 aliphatic carbocycles. The largest absolute Gasteiger partial charge is 1.00 e. The van der Waals surface area contributed by atoms with Crippen LogP contribution in [0.15, 0.2) is 35.4 Å². The van der Waals surface area contributed by atoms with E-state index in [9.17, 15) is 13.0 Å². The first-order valence-electron chi connectivity index (χ1n) is 5.14. The molecule has 0 N–H and O–H groups in total. The second-order valence-electron chi connectivity index (χ2n) is 3.70. The molecule has 2 rings (SSSR count). The molecule has 0 spiro atoms. The van der Waals surface area contributed by atoms with E-state index < -0.39 is 15.0 Å². The summed E-state index contributed by atoms with van der Waals surface area (Å²) in [5.41, 5.74) is 0.790. The first kappa shape index (κ1) is 17.2. The molecule has 1 aromatic heterocycles. The number of benzene rings is 1. The van der Waals surface area contributed by atoms with E-state index in [0.29, 0.717) is 5.69 Å². The maximum Gasteiger partial charge on any atom is 1.00 e. The van der Waals surface area contributed by atoms with Gasteiger partial charge in [-0.3, -0.25) is 4.68 Å². The Kier molecular flexibility index (Phi) is 5.83. The van der Waals surface area contributed by atoms with Crippen LogP contribution >= 0.6 is 11.6 Å². The molecule has 5 nitrogen and oxygen atoms in total. The number of nitrogens with zero attached hydrogens (tertiary/aromatic N) is 2. The van der Waals surface area contributed by atoms with Crippen LogP contribution in [0.4, 0.5) is 0 Å². The predicted octanol–water partition coefficient (Wildman–Crippen LogP) is -1.62. The number of aryl methyl sites for hydroxylation is 1. The van der Waals surface area contributed by atoms with Crippen LogP contribution in [0.25, 0.3) is 0 Å². The number of halogens is 1. The van der Waals surface area contributed by atoms with Gasteiger partial charge in [0.2, 0.25) is 0 Å². The quantitative estimate of drug-likeness (QED) is 0.360. The van der Waals surface area contributed by atoms with E-state index in [2.05, 4.69) is 16.9 Å². The predicted molar refractivity (Wildman–Crippen MR) is 68.6 cm³/mol. The second kappa shape index (κ2) is 6.76. The third kappa shape index (κ3) is 4.09. The van der Waals surface area contributed by atoms with Crippen molar-refractivity contribution in [1.29, 1.82) is 0 Å². The number of hydrogen-bond acceptors (Lipinski definition) is 4. The molecule has 0 unspecified atom stereocenters. The van der Waals surface area contributed by atoms with Crippen molar-refractivity contribution in [2.45, 2.75) is 4.90 Å². The Morgan fingerprint density at radius 1 is 1.30 bits per heavy atom. The van der Waals surface area contributed by atoms with Crippen LogP contribution in [-0.2, 0) is 17.2 Å². The van der Waals surface area contributed by atoms with Gasteiger partial charge in [-0.2, -0.15) is 5.10 Å². The third-order valence-electron chi connectivity index (χ3n) is 2.27. The molecule has 0 atom stereocenters. The molecule has 0 radical (unpaired) electrons. The van der Waals surface area contributed by atoms with Gasteiger partial charge in [0, 0.05) is 18.8 Å². The van der Waals surface area contributed by atoms with Gasteiger partial charge in [0.25, 0.3) is 0 Å². The Hall–Kier alpha value is -0.810. The third-order valence-corrected chi connectivity index (χ3v) is 3.67. The number of hydrogen-bond donors (Lipinski definition) is 0. The molecule has 0 aliphatic heterocycles. The topological polar surface area (TPSA) is 75.0 Å². The second-order valence-corrected chi connectivity index (χ2v) is 5.42. The maximum absolute atomic E-state index is 11.0. The van der Waals surface area contributed by atoms with E-state index in [0.717, 1.165) is 6.07 Å². The van der Waals surface area contributed by atoms with Crippen molar-refractivity contribution >= 4 is 21.7 Å². The molecule has 20 heavy (non-hydrogen) atoms. The Bertz CT molecular complexity index is 791. The fraction of sp³-hybridized carbons (Fsp3) is 0.0833. The van der Waals surface area contributed by atoms with Crippen LogP contribution in [-0.4, -0.2) is 22.8 Å². The van der Waals surface area contributed by atoms with E-state index in [1.807, 2.05) is 0 Å². The van der Waals surface area contributed by atoms with Gasteiger partial charge >= 0.3 is 29.6 Å². The van der Waals surface area contributed by atoms with Crippen LogP contribution in [0, 0.1) is 11.8 Å². The first-order chi connectivity index (χ1) is 8.88. The van der Waals surface area contributed by atoms with Gasteiger partial charge in [-0.1, -0.05) is 23.6 Å². The van der Waals surface area contributed by atoms with Crippen molar-refractivity contribution in [1.82, 2.24) is 9.78 Å². The molecule has 1 heterocycles. The van der Waals surface area contributed by atoms with Gasteiger partial charge in [0.1, 0.15) is 15.8 Å². The zero-order valence-corrected chi connectivity index (χ0v) is 14.4. The standard InChI is InChI=1S/C12H9ClN2O3S.Na/c1-15-8-7-10(14-15)6-5-9-3-2-4-11(12(9)13)19(16,17)18;/h2-4,7-8H,1H3,(H,16,17,18);/q;+1/p-1. The minimum absolute atomic E-state index is 0. The van der Waals surface area contributed by atoms with Gasteiger partial charge < -0.3 is 4.55 Å². The summed E-state index contributed by atoms with van der Waals surface area (Å²) in [6.07, 6.45) is 1.73. The molecule has 0 saturated carbocycles. The summed E-state index contributed by atoms with van der Waals surface area (Å²) in [5, 5.41) is 3.88. The molecule has 0 saturated heterocycles. The van der Waals surface area contributed by atoms with Gasteiger partial charge in [0.15, 0.2) is 0 Å². The normalized spacial score (nSPS) is 10.3. The Morgan fingerprint density at radius 2 is 2.00 bits per heavy atom. The first-order valence-corrected chi connectivity index (χ1v) is 6.92. The van der Waals surface area contributed by atoms with Gasteiger partial charge in [-0.25, -0.2) is 8.42 Å². The van der Waals surface area contributed by atoms with Gasteiger partial charge in [-0.05, 0) is 24.1 Å². The van der Waals surface area contributed by atoms with Crippen molar-refractivity contribution in [3.8, 4) is 11.8 Å². The molecular formula is C12H8ClN2NaO3S. The summed E-state index contributed by atoms with van der Waals surface area (Å²) in [4.78, 5) is -0.470. The molecule has 0 amide bonds. The zero-order valence-electron chi connectivity index (χ0n) is 10.8. The zero-order chi connectivity index (χ0) is 14.0. The molecule has 0 aliphatic rings. The summed E-state index contributed by atoms with van der Waals surface area (Å²) in [6, 6.07) is 5.80. The Labute approximate surface area is 144 Å². The maximum atomic E-state index is 11.0. The Morgan fingerprint density at radius 3 is 2.55 bits per heavy atom. The molecule has 2 aromatic rings. The summed E-state index contributed by atoms with van der Waals surface area (Å²) < 4.78 is 34.5. The minimum Gasteiger partial charge on any atom is -0.744 e. The van der Waals surface area contributed by atoms with Crippen molar-refractivity contribution in [2.24, 2.45) is 7.05 Å². The number of aromatic nitrogens is 2. The molecule has 0 bridgehead atoms. The van der Waals surface area contributed by atoms with Crippen LogP contribution < -0.4 is 29.6 Å². The summed E-state index contributed by atoms with van der Waals surface area (Å²) in [6.45, 7) is 0. The molecule has 98 valence electrons. The fourth-order valence-corrected chi connectivity index (χ4v) is 2.44. The average Bonchev–Trinajstić information content (AvgIpc) is 2.72. The van der Waals surface area contributed by atoms with E-state index in [4.69, 9.17) is 11.6 Å². The van der Waals surface area contributed by atoms with Crippen LogP contribution in [0.5, 0.6) is 0 Å². The van der Waals surface area contributed by atoms with Crippen molar-refractivity contribution < 1.29 is 42.5 Å². The van der Waals surface area contributed by atoms with Crippen LogP contribution in [0.3, 0.4) is 0 Å². The van der Waals surface area contributed by atoms with E-state index in [-0.39, 0.29) is 40.1 Å². The van der Waals surface area contributed by atoms with Gasteiger partial charge in [-0.15, -0.1) is 0 Å². The molecule has 8 heteroatoms. The van der Waals surface area contributed by atoms with E-state index in [1.54, 1.807) is 24.0 Å². The smallest absolute Gasteiger partial charge is 0.744 e. The van der Waals surface area contributed by atoms with E-state index >= 15 is 0 Å². The molecule has 0 fully saturated rings. The monoisotopic (exact) mass is 318 g/mol. The van der Waals surface area contributed by atoms with E-state index in [1.165, 1.54) is 12.1 Å². The molecular weight excluding hydrogens is 311 g/mol. The minimum atomic E-state index is -4.60. The van der Waals surface area contributed by atoms with Crippen molar-refractivity contribution in [3.63, 3.8) is 0 Å². The van der Waals surface area contributed by atoms with Crippen LogP contribution in [0.1, 0.15) is 11.3 Å². The van der Waals surface area contributed by atoms with Crippen LogP contribution in [0.2, 0.25) is 5.02 Å². The summed E-state index contributed by atoms with van der Waals surface area (Å²) in [5.74, 6) is 5.43. The number of rotatable bonds is 1. The summed E-state index contributed by atoms with van der Waals surface area (Å²) in [7, 11) is -2.85. The van der Waals surface area contributed by atoms with Crippen molar-refractivity contribution in [3.05, 3.63) is 46.7 Å². The molecule has 1 aromatic carbocycles. The summed E-state index contributed by atoms with van der Waals surface area (Å²) >= 11 is 5.86. The Balaban J connectivity index is 0.00000200. The van der Waals surface area contributed by atoms with Crippen molar-refractivity contribution in [2.75, 3.05) is 0 Å². The fourth-order valence-electron chi connectivity index (χ4n) is 1.41. The average molecular weight is 319 g/mol. The van der Waals surface area contributed by atoms with Gasteiger partial charge in [0.05, 0.1) is 9.92 Å².